The first-order valence-electron chi connectivity index (χ1n) is 8.35. The highest BCUT2D eigenvalue weighted by Crippen LogP contribution is 2.21. The van der Waals surface area contributed by atoms with E-state index in [1.165, 1.54) is 4.31 Å². The normalized spacial score (nSPS) is 16.8. The molecule has 0 atom stereocenters. The van der Waals surface area contributed by atoms with Crippen LogP contribution in [0.5, 0.6) is 0 Å². The highest BCUT2D eigenvalue weighted by atomic mass is 32.2. The number of nitrogens with one attached hydrogen (secondary N) is 1. The van der Waals surface area contributed by atoms with Crippen LogP contribution in [0, 0.1) is 5.92 Å². The second-order valence-corrected chi connectivity index (χ2v) is 7.85. The second kappa shape index (κ2) is 7.47. The summed E-state index contributed by atoms with van der Waals surface area (Å²) in [6.45, 7) is 1.47. The van der Waals surface area contributed by atoms with E-state index in [1.807, 2.05) is 24.3 Å². The third kappa shape index (κ3) is 4.33. The van der Waals surface area contributed by atoms with Gasteiger partial charge in [-0.3, -0.25) is 9.78 Å². The molecule has 134 valence electrons. The summed E-state index contributed by atoms with van der Waals surface area (Å²) in [5.74, 6) is 0.285. The maximum absolute atomic E-state index is 12.4. The number of benzene rings is 1. The number of pyridine rings is 1. The Balaban J connectivity index is 1.52. The van der Waals surface area contributed by atoms with Crippen LogP contribution in [0.15, 0.2) is 36.5 Å². The van der Waals surface area contributed by atoms with Crippen LogP contribution in [0.1, 0.15) is 29.6 Å². The van der Waals surface area contributed by atoms with Crippen molar-refractivity contribution in [3.05, 3.63) is 42.1 Å². The monoisotopic (exact) mass is 362 g/mol. The van der Waals surface area contributed by atoms with Gasteiger partial charge in [0.2, 0.25) is 0 Å². The zero-order chi connectivity index (χ0) is 17.9. The summed E-state index contributed by atoms with van der Waals surface area (Å²) in [4.78, 5) is 16.7. The number of hydrogen-bond acceptors (Lipinski definition) is 4. The number of fused-ring (bicyclic) bond motifs is 1. The summed E-state index contributed by atoms with van der Waals surface area (Å²) in [5, 5.41) is 8.93. The van der Waals surface area contributed by atoms with E-state index in [4.69, 9.17) is 5.14 Å². The fraction of sp³-hybridized carbons (Fsp3) is 0.412. The Bertz CT molecular complexity index is 856. The van der Waals surface area contributed by atoms with E-state index in [0.29, 0.717) is 31.1 Å². The molecular weight excluding hydrogens is 340 g/mol. The smallest absolute Gasteiger partial charge is 0.276 e. The third-order valence-electron chi connectivity index (χ3n) is 4.67. The van der Waals surface area contributed by atoms with Crippen molar-refractivity contribution < 1.29 is 13.2 Å². The van der Waals surface area contributed by atoms with Crippen molar-refractivity contribution in [1.82, 2.24) is 14.6 Å². The van der Waals surface area contributed by atoms with Gasteiger partial charge in [0.05, 0.1) is 11.1 Å². The number of rotatable bonds is 5. The molecule has 1 aromatic heterocycles. The molecule has 25 heavy (non-hydrogen) atoms. The predicted octanol–water partition coefficient (Wildman–Crippen LogP) is 1.27. The second-order valence-electron chi connectivity index (χ2n) is 6.31. The number of hydrogen-bond donors (Lipinski definition) is 2. The van der Waals surface area contributed by atoms with Crippen molar-refractivity contribution in [1.29, 1.82) is 0 Å². The van der Waals surface area contributed by atoms with Crippen LogP contribution in [0.25, 0.3) is 10.9 Å². The standard InChI is InChI=1S/C17H22N4O3S/c18-25(23,24)21-11-7-13(8-12-21)5-9-20-17(22)15-6-10-19-16-4-2-1-3-14(15)16/h1-4,6,10,13H,5,7-9,11-12H2,(H,20,22)(H2,18,23,24). The van der Waals surface area contributed by atoms with E-state index in [2.05, 4.69) is 10.3 Å². The minimum absolute atomic E-state index is 0.111. The lowest BCUT2D eigenvalue weighted by Crippen LogP contribution is -2.42. The van der Waals surface area contributed by atoms with E-state index in [-0.39, 0.29) is 5.91 Å². The Kier molecular flexibility index (Phi) is 5.31. The summed E-state index contributed by atoms with van der Waals surface area (Å²) in [7, 11) is -3.58. The molecule has 1 amide bonds. The summed E-state index contributed by atoms with van der Waals surface area (Å²) in [6.07, 6.45) is 4.00. The average Bonchev–Trinajstić information content (AvgIpc) is 2.61. The van der Waals surface area contributed by atoms with Crippen molar-refractivity contribution in [3.8, 4) is 0 Å². The van der Waals surface area contributed by atoms with Gasteiger partial charge in [0.25, 0.3) is 16.1 Å². The topological polar surface area (TPSA) is 105 Å². The summed E-state index contributed by atoms with van der Waals surface area (Å²) in [5.41, 5.74) is 1.42. The maximum atomic E-state index is 12.4. The fourth-order valence-electron chi connectivity index (χ4n) is 3.23. The molecule has 0 spiro atoms. The van der Waals surface area contributed by atoms with Gasteiger partial charge in [-0.1, -0.05) is 18.2 Å². The molecule has 1 aliphatic rings. The Morgan fingerprint density at radius 2 is 1.96 bits per heavy atom. The number of amides is 1. The quantitative estimate of drug-likeness (QED) is 0.835. The molecule has 0 radical (unpaired) electrons. The van der Waals surface area contributed by atoms with Crippen LogP contribution in [-0.2, 0) is 10.2 Å². The Morgan fingerprint density at radius 3 is 2.68 bits per heavy atom. The molecule has 1 fully saturated rings. The van der Waals surface area contributed by atoms with E-state index < -0.39 is 10.2 Å². The zero-order valence-electron chi connectivity index (χ0n) is 13.9. The highest BCUT2D eigenvalue weighted by Gasteiger charge is 2.25. The molecule has 1 aliphatic heterocycles. The molecule has 0 bridgehead atoms. The van der Waals surface area contributed by atoms with Crippen molar-refractivity contribution in [3.63, 3.8) is 0 Å². The number of carbonyl (C=O) groups is 1. The molecule has 2 heterocycles. The van der Waals surface area contributed by atoms with Crippen molar-refractivity contribution in [2.75, 3.05) is 19.6 Å². The van der Waals surface area contributed by atoms with Gasteiger partial charge in [0, 0.05) is 31.2 Å². The Labute approximate surface area is 147 Å². The minimum Gasteiger partial charge on any atom is -0.352 e. The van der Waals surface area contributed by atoms with Gasteiger partial charge in [-0.25, -0.2) is 5.14 Å². The first-order valence-corrected chi connectivity index (χ1v) is 9.85. The predicted molar refractivity (Wildman–Crippen MR) is 96.1 cm³/mol. The maximum Gasteiger partial charge on any atom is 0.276 e. The van der Waals surface area contributed by atoms with E-state index >= 15 is 0 Å². The largest absolute Gasteiger partial charge is 0.352 e. The van der Waals surface area contributed by atoms with Gasteiger partial charge < -0.3 is 5.32 Å². The van der Waals surface area contributed by atoms with Crippen molar-refractivity contribution in [2.24, 2.45) is 11.1 Å². The van der Waals surface area contributed by atoms with Crippen LogP contribution in [-0.4, -0.2) is 43.2 Å². The minimum atomic E-state index is -3.58. The van der Waals surface area contributed by atoms with Gasteiger partial charge >= 0.3 is 0 Å². The summed E-state index contributed by atoms with van der Waals surface area (Å²) >= 11 is 0. The zero-order valence-corrected chi connectivity index (χ0v) is 14.7. The molecular formula is C17H22N4O3S. The molecule has 0 aliphatic carbocycles. The van der Waals surface area contributed by atoms with Crippen LogP contribution in [0.2, 0.25) is 0 Å². The van der Waals surface area contributed by atoms with Crippen LogP contribution < -0.4 is 10.5 Å². The molecule has 0 saturated carbocycles. The first-order chi connectivity index (χ1) is 11.9. The molecule has 3 rings (SSSR count). The van der Waals surface area contributed by atoms with Crippen molar-refractivity contribution in [2.45, 2.75) is 19.3 Å². The molecule has 3 N–H and O–H groups in total. The molecule has 1 aromatic carbocycles. The third-order valence-corrected chi connectivity index (χ3v) is 5.75. The summed E-state index contributed by atoms with van der Waals surface area (Å²) < 4.78 is 23.9. The number of nitrogens with two attached hydrogens (primary N) is 1. The van der Waals surface area contributed by atoms with E-state index in [9.17, 15) is 13.2 Å². The number of aromatic nitrogens is 1. The number of para-hydroxylation sites is 1. The van der Waals surface area contributed by atoms with Gasteiger partial charge in [0.15, 0.2) is 0 Å². The highest BCUT2D eigenvalue weighted by molar-refractivity contribution is 7.86. The van der Waals surface area contributed by atoms with Gasteiger partial charge in [0.1, 0.15) is 0 Å². The molecule has 0 unspecified atom stereocenters. The van der Waals surface area contributed by atoms with Gasteiger partial charge in [-0.05, 0) is 37.3 Å². The number of nitrogens with zero attached hydrogens (tertiary/aromatic N) is 2. The number of piperidine rings is 1. The number of carbonyl (C=O) groups excluding carboxylic acids is 1. The van der Waals surface area contributed by atoms with Crippen LogP contribution in [0.4, 0.5) is 0 Å². The van der Waals surface area contributed by atoms with Gasteiger partial charge in [-0.15, -0.1) is 0 Å². The molecule has 1 saturated heterocycles. The Hall–Kier alpha value is -2.03. The van der Waals surface area contributed by atoms with Crippen molar-refractivity contribution >= 4 is 27.0 Å². The first kappa shape index (κ1) is 17.8. The lowest BCUT2D eigenvalue weighted by Gasteiger charge is -2.29. The molecule has 8 heteroatoms. The molecule has 7 nitrogen and oxygen atoms in total. The van der Waals surface area contributed by atoms with Gasteiger partial charge in [-0.2, -0.15) is 12.7 Å². The lowest BCUT2D eigenvalue weighted by molar-refractivity contribution is 0.0951. The summed E-state index contributed by atoms with van der Waals surface area (Å²) in [6, 6.07) is 9.28. The van der Waals surface area contributed by atoms with Crippen LogP contribution >= 0.6 is 0 Å². The molecule has 2 aromatic rings. The van der Waals surface area contributed by atoms with Crippen LogP contribution in [0.3, 0.4) is 0 Å². The fourth-order valence-corrected chi connectivity index (χ4v) is 3.95. The Morgan fingerprint density at radius 1 is 1.24 bits per heavy atom. The van der Waals surface area contributed by atoms with E-state index in [0.717, 1.165) is 30.2 Å². The van der Waals surface area contributed by atoms with E-state index in [1.54, 1.807) is 12.3 Å². The SMILES string of the molecule is NS(=O)(=O)N1CCC(CCNC(=O)c2ccnc3ccccc23)CC1. The average molecular weight is 362 g/mol. The lowest BCUT2D eigenvalue weighted by atomic mass is 9.94.